The van der Waals surface area contributed by atoms with Gasteiger partial charge in [0, 0.05) is 18.1 Å². The molecule has 0 radical (unpaired) electrons. The van der Waals surface area contributed by atoms with Crippen LogP contribution in [0.2, 0.25) is 10.0 Å². The lowest BCUT2D eigenvalue weighted by Crippen LogP contribution is -2.34. The third kappa shape index (κ3) is 7.15. The van der Waals surface area contributed by atoms with Crippen molar-refractivity contribution in [2.75, 3.05) is 6.54 Å². The zero-order chi connectivity index (χ0) is 26.7. The standard InChI is InChI=1S/C25H22Cl2F3NO4S/c1-16(2)14-31(24(32)22-11-8-19(26)13-23(22)27)15-17-6-9-20(10-7-17)35-36(33,34)21-5-3-4-18(12-21)25(28,29)30/h3-13,16H,14-15H2,1-2H3. The van der Waals surface area contributed by atoms with E-state index in [1.807, 2.05) is 13.8 Å². The van der Waals surface area contributed by atoms with E-state index in [4.69, 9.17) is 27.4 Å². The summed E-state index contributed by atoms with van der Waals surface area (Å²) in [6.07, 6.45) is -4.69. The summed E-state index contributed by atoms with van der Waals surface area (Å²) in [6.45, 7) is 4.55. The molecule has 0 aliphatic rings. The van der Waals surface area contributed by atoms with E-state index >= 15 is 0 Å². The summed E-state index contributed by atoms with van der Waals surface area (Å²) in [5.74, 6) is -0.225. The highest BCUT2D eigenvalue weighted by atomic mass is 35.5. The van der Waals surface area contributed by atoms with E-state index in [1.54, 1.807) is 29.2 Å². The fourth-order valence-corrected chi connectivity index (χ4v) is 4.83. The molecule has 0 aromatic heterocycles. The molecule has 1 amide bonds. The minimum absolute atomic E-state index is 0.0846. The predicted molar refractivity (Wildman–Crippen MR) is 132 cm³/mol. The molecule has 0 aliphatic heterocycles. The third-order valence-corrected chi connectivity index (χ3v) is 6.78. The molecule has 0 saturated carbocycles. The van der Waals surface area contributed by atoms with Crippen LogP contribution in [0.3, 0.4) is 0 Å². The Morgan fingerprint density at radius 1 is 1.00 bits per heavy atom. The molecule has 192 valence electrons. The van der Waals surface area contributed by atoms with Gasteiger partial charge in [-0.3, -0.25) is 4.79 Å². The molecule has 0 spiro atoms. The van der Waals surface area contributed by atoms with Gasteiger partial charge in [-0.1, -0.05) is 55.2 Å². The van der Waals surface area contributed by atoms with Crippen molar-refractivity contribution < 1.29 is 30.6 Å². The maximum Gasteiger partial charge on any atom is 0.416 e. The van der Waals surface area contributed by atoms with Gasteiger partial charge in [0.1, 0.15) is 10.6 Å². The lowest BCUT2D eigenvalue weighted by molar-refractivity contribution is -0.137. The molecule has 3 rings (SSSR count). The molecule has 0 N–H and O–H groups in total. The molecule has 3 aromatic rings. The van der Waals surface area contributed by atoms with Crippen molar-refractivity contribution in [3.05, 3.63) is 93.5 Å². The van der Waals surface area contributed by atoms with Crippen molar-refractivity contribution >= 4 is 39.2 Å². The highest BCUT2D eigenvalue weighted by Gasteiger charge is 2.32. The summed E-state index contributed by atoms with van der Waals surface area (Å²) < 4.78 is 68.8. The summed E-state index contributed by atoms with van der Waals surface area (Å²) in [6, 6.07) is 13.8. The number of alkyl halides is 3. The van der Waals surface area contributed by atoms with Crippen LogP contribution in [-0.4, -0.2) is 25.8 Å². The van der Waals surface area contributed by atoms with E-state index in [2.05, 4.69) is 0 Å². The number of halogens is 5. The van der Waals surface area contributed by atoms with Crippen LogP contribution in [0.5, 0.6) is 5.75 Å². The molecule has 0 atom stereocenters. The van der Waals surface area contributed by atoms with E-state index < -0.39 is 26.8 Å². The second kappa shape index (κ2) is 11.1. The Hall–Kier alpha value is -2.75. The summed E-state index contributed by atoms with van der Waals surface area (Å²) in [4.78, 5) is 14.1. The monoisotopic (exact) mass is 559 g/mol. The molecule has 3 aromatic carbocycles. The predicted octanol–water partition coefficient (Wildman–Crippen LogP) is 7.08. The molecular weight excluding hydrogens is 538 g/mol. The van der Waals surface area contributed by atoms with Crippen LogP contribution < -0.4 is 4.18 Å². The van der Waals surface area contributed by atoms with Crippen LogP contribution in [0.15, 0.2) is 71.6 Å². The first kappa shape index (κ1) is 27.8. The topological polar surface area (TPSA) is 63.7 Å². The third-order valence-electron chi connectivity index (χ3n) is 4.99. The first-order chi connectivity index (χ1) is 16.8. The highest BCUT2D eigenvalue weighted by Crippen LogP contribution is 2.31. The average molecular weight is 560 g/mol. The summed E-state index contributed by atoms with van der Waals surface area (Å²) in [5.41, 5.74) is -0.120. The minimum atomic E-state index is -4.69. The minimum Gasteiger partial charge on any atom is -0.379 e. The summed E-state index contributed by atoms with van der Waals surface area (Å²) in [5, 5.41) is 0.632. The Morgan fingerprint density at radius 3 is 2.25 bits per heavy atom. The Kier molecular flexibility index (Phi) is 8.59. The van der Waals surface area contributed by atoms with Crippen molar-refractivity contribution in [3.63, 3.8) is 0 Å². The first-order valence-electron chi connectivity index (χ1n) is 10.7. The van der Waals surface area contributed by atoms with Gasteiger partial charge in [0.25, 0.3) is 5.91 Å². The molecule has 0 heterocycles. The Balaban J connectivity index is 1.78. The van der Waals surface area contributed by atoms with E-state index in [0.717, 1.165) is 18.2 Å². The molecular formula is C25H22Cl2F3NO4S. The van der Waals surface area contributed by atoms with Gasteiger partial charge in [0.05, 0.1) is 16.1 Å². The number of nitrogens with zero attached hydrogens (tertiary/aromatic N) is 1. The lowest BCUT2D eigenvalue weighted by atomic mass is 10.1. The van der Waals surface area contributed by atoms with Crippen LogP contribution >= 0.6 is 23.2 Å². The molecule has 36 heavy (non-hydrogen) atoms. The van der Waals surface area contributed by atoms with Crippen molar-refractivity contribution in [3.8, 4) is 5.75 Å². The van der Waals surface area contributed by atoms with E-state index in [9.17, 15) is 26.4 Å². The van der Waals surface area contributed by atoms with Crippen LogP contribution in [0.4, 0.5) is 13.2 Å². The molecule has 5 nitrogen and oxygen atoms in total. The zero-order valence-electron chi connectivity index (χ0n) is 19.2. The van der Waals surface area contributed by atoms with E-state index in [-0.39, 0.29) is 29.1 Å². The van der Waals surface area contributed by atoms with Crippen LogP contribution in [0.1, 0.15) is 35.3 Å². The Morgan fingerprint density at radius 2 is 1.67 bits per heavy atom. The second-order valence-electron chi connectivity index (χ2n) is 8.41. The number of hydrogen-bond donors (Lipinski definition) is 0. The smallest absolute Gasteiger partial charge is 0.379 e. The highest BCUT2D eigenvalue weighted by molar-refractivity contribution is 7.87. The molecule has 11 heteroatoms. The van der Waals surface area contributed by atoms with Crippen LogP contribution in [-0.2, 0) is 22.8 Å². The molecule has 0 saturated heterocycles. The van der Waals surface area contributed by atoms with Gasteiger partial charge in [-0.05, 0) is 60.0 Å². The van der Waals surface area contributed by atoms with Crippen LogP contribution in [0, 0.1) is 5.92 Å². The number of carbonyl (C=O) groups is 1. The SMILES string of the molecule is CC(C)CN(Cc1ccc(OS(=O)(=O)c2cccc(C(F)(F)F)c2)cc1)C(=O)c1ccc(Cl)cc1Cl. The summed E-state index contributed by atoms with van der Waals surface area (Å²) in [7, 11) is -4.50. The van der Waals surface area contributed by atoms with Crippen molar-refractivity contribution in [2.45, 2.75) is 31.5 Å². The van der Waals surface area contributed by atoms with Crippen LogP contribution in [0.25, 0.3) is 0 Å². The lowest BCUT2D eigenvalue weighted by Gasteiger charge is -2.25. The number of benzene rings is 3. The largest absolute Gasteiger partial charge is 0.416 e. The van der Waals surface area contributed by atoms with Crippen molar-refractivity contribution in [1.29, 1.82) is 0 Å². The number of carbonyl (C=O) groups excluding carboxylic acids is 1. The quantitative estimate of drug-likeness (QED) is 0.276. The molecule has 0 bridgehead atoms. The maximum atomic E-state index is 13.1. The van der Waals surface area contributed by atoms with Gasteiger partial charge >= 0.3 is 16.3 Å². The van der Waals surface area contributed by atoms with Gasteiger partial charge in [0.15, 0.2) is 0 Å². The fraction of sp³-hybridized carbons (Fsp3) is 0.240. The van der Waals surface area contributed by atoms with Gasteiger partial charge in [-0.2, -0.15) is 21.6 Å². The number of amides is 1. The second-order valence-corrected chi connectivity index (χ2v) is 10.8. The van der Waals surface area contributed by atoms with Gasteiger partial charge in [-0.25, -0.2) is 0 Å². The Labute approximate surface area is 217 Å². The summed E-state index contributed by atoms with van der Waals surface area (Å²) >= 11 is 12.1. The van der Waals surface area contributed by atoms with E-state index in [0.29, 0.717) is 28.8 Å². The maximum absolute atomic E-state index is 13.1. The molecule has 0 aliphatic carbocycles. The van der Waals surface area contributed by atoms with Gasteiger partial charge in [-0.15, -0.1) is 0 Å². The number of rotatable bonds is 8. The van der Waals surface area contributed by atoms with Gasteiger partial charge < -0.3 is 9.08 Å². The van der Waals surface area contributed by atoms with Crippen molar-refractivity contribution in [1.82, 2.24) is 4.90 Å². The zero-order valence-corrected chi connectivity index (χ0v) is 21.5. The average Bonchev–Trinajstić information content (AvgIpc) is 2.78. The molecule has 0 unspecified atom stereocenters. The Bertz CT molecular complexity index is 1340. The fourth-order valence-electron chi connectivity index (χ4n) is 3.37. The van der Waals surface area contributed by atoms with Crippen molar-refractivity contribution in [2.24, 2.45) is 5.92 Å². The molecule has 0 fully saturated rings. The van der Waals surface area contributed by atoms with E-state index in [1.165, 1.54) is 18.2 Å². The number of hydrogen-bond acceptors (Lipinski definition) is 4. The normalized spacial score (nSPS) is 12.0. The first-order valence-corrected chi connectivity index (χ1v) is 12.9. The van der Waals surface area contributed by atoms with Gasteiger partial charge in [0.2, 0.25) is 0 Å².